The summed E-state index contributed by atoms with van der Waals surface area (Å²) in [6, 6.07) is 7.04. The molecule has 120 valence electrons. The molecule has 0 atom stereocenters. The number of nitrogens with one attached hydrogen (secondary N) is 1. The summed E-state index contributed by atoms with van der Waals surface area (Å²) in [6.07, 6.45) is 0.921. The van der Waals surface area contributed by atoms with Crippen molar-refractivity contribution in [1.82, 2.24) is 4.72 Å². The Morgan fingerprint density at radius 3 is 2.33 bits per heavy atom. The first-order valence-corrected chi connectivity index (χ1v) is 8.93. The normalized spacial score (nSPS) is 11.9. The second-order valence-corrected chi connectivity index (χ2v) is 7.24. The smallest absolute Gasteiger partial charge is 0.240 e. The summed E-state index contributed by atoms with van der Waals surface area (Å²) in [5.74, 6) is 0.535. The lowest BCUT2D eigenvalue weighted by Crippen LogP contribution is -2.30. The van der Waals surface area contributed by atoms with Gasteiger partial charge in [0, 0.05) is 25.3 Å². The molecule has 0 heterocycles. The number of nitrogens with two attached hydrogens (primary N) is 1. The molecule has 1 aromatic carbocycles. The molecule has 3 N–H and O–H groups in total. The van der Waals surface area contributed by atoms with Crippen LogP contribution in [0.3, 0.4) is 0 Å². The number of rotatable bonds is 9. The highest BCUT2D eigenvalue weighted by molar-refractivity contribution is 7.89. The molecule has 0 radical (unpaired) electrons. The molecule has 0 saturated heterocycles. The lowest BCUT2D eigenvalue weighted by molar-refractivity contribution is 0.583. The Morgan fingerprint density at radius 1 is 1.24 bits per heavy atom. The number of anilines is 1. The summed E-state index contributed by atoms with van der Waals surface area (Å²) in [7, 11) is -3.38. The van der Waals surface area contributed by atoms with Crippen LogP contribution in [0, 0.1) is 5.92 Å². The number of nitrogens with zero attached hydrogens (tertiary/aromatic N) is 1. The first-order chi connectivity index (χ1) is 9.90. The molecule has 0 saturated carbocycles. The Labute approximate surface area is 128 Å². The van der Waals surface area contributed by atoms with Crippen molar-refractivity contribution < 1.29 is 8.42 Å². The molecule has 0 aromatic heterocycles. The average Bonchev–Trinajstić information content (AvgIpc) is 2.43. The van der Waals surface area contributed by atoms with Crippen molar-refractivity contribution in [2.45, 2.75) is 32.1 Å². The molecular formula is C15H27N3O2S. The number of hydrogen-bond donors (Lipinski definition) is 2. The van der Waals surface area contributed by atoms with Crippen LogP contribution in [-0.2, 0) is 10.0 Å². The number of benzene rings is 1. The topological polar surface area (TPSA) is 75.4 Å². The molecule has 0 amide bonds. The third-order valence-electron chi connectivity index (χ3n) is 3.06. The van der Waals surface area contributed by atoms with Crippen LogP contribution in [0.2, 0.25) is 0 Å². The fourth-order valence-corrected chi connectivity index (χ4v) is 3.20. The SMILES string of the molecule is CCNS(=O)(=O)c1ccc(N(CCCN)CC(C)C)cc1. The summed E-state index contributed by atoms with van der Waals surface area (Å²) in [5.41, 5.74) is 6.62. The molecule has 0 fully saturated rings. The largest absolute Gasteiger partial charge is 0.371 e. The van der Waals surface area contributed by atoms with Gasteiger partial charge in [0.1, 0.15) is 0 Å². The Balaban J connectivity index is 2.91. The van der Waals surface area contributed by atoms with Gasteiger partial charge in [-0.15, -0.1) is 0 Å². The zero-order valence-electron chi connectivity index (χ0n) is 13.2. The first kappa shape index (κ1) is 17.9. The maximum Gasteiger partial charge on any atom is 0.240 e. The molecule has 0 unspecified atom stereocenters. The van der Waals surface area contributed by atoms with Crippen molar-refractivity contribution >= 4 is 15.7 Å². The molecular weight excluding hydrogens is 286 g/mol. The third kappa shape index (κ3) is 5.65. The Bertz CT molecular complexity index is 512. The summed E-state index contributed by atoms with van der Waals surface area (Å²) in [4.78, 5) is 2.55. The van der Waals surface area contributed by atoms with Gasteiger partial charge < -0.3 is 10.6 Å². The second-order valence-electron chi connectivity index (χ2n) is 5.48. The van der Waals surface area contributed by atoms with Crippen molar-refractivity contribution in [1.29, 1.82) is 0 Å². The van der Waals surface area contributed by atoms with Gasteiger partial charge in [-0.3, -0.25) is 0 Å². The van der Waals surface area contributed by atoms with E-state index in [9.17, 15) is 8.42 Å². The number of sulfonamides is 1. The molecule has 0 aliphatic heterocycles. The van der Waals surface area contributed by atoms with Crippen molar-refractivity contribution in [3.8, 4) is 0 Å². The molecule has 0 bridgehead atoms. The van der Waals surface area contributed by atoms with Crippen molar-refractivity contribution in [3.05, 3.63) is 24.3 Å². The fraction of sp³-hybridized carbons (Fsp3) is 0.600. The Kier molecular flexibility index (Phi) is 7.14. The second kappa shape index (κ2) is 8.36. The molecule has 1 rings (SSSR count). The van der Waals surface area contributed by atoms with E-state index in [-0.39, 0.29) is 0 Å². The summed E-state index contributed by atoms with van der Waals surface area (Å²) < 4.78 is 26.3. The van der Waals surface area contributed by atoms with Crippen molar-refractivity contribution in [2.24, 2.45) is 11.7 Å². The van der Waals surface area contributed by atoms with Crippen LogP contribution in [0.15, 0.2) is 29.2 Å². The highest BCUT2D eigenvalue weighted by Gasteiger charge is 2.14. The predicted molar refractivity (Wildman–Crippen MR) is 88.0 cm³/mol. The van der Waals surface area contributed by atoms with E-state index in [0.717, 1.165) is 25.2 Å². The lowest BCUT2D eigenvalue weighted by atomic mass is 10.1. The van der Waals surface area contributed by atoms with Crippen LogP contribution in [0.25, 0.3) is 0 Å². The predicted octanol–water partition coefficient (Wildman–Crippen LogP) is 1.80. The summed E-state index contributed by atoms with van der Waals surface area (Å²) in [5, 5.41) is 0. The van der Waals surface area contributed by atoms with E-state index in [1.54, 1.807) is 19.1 Å². The molecule has 0 spiro atoms. The van der Waals surface area contributed by atoms with Gasteiger partial charge in [-0.25, -0.2) is 13.1 Å². The fourth-order valence-electron chi connectivity index (χ4n) is 2.16. The monoisotopic (exact) mass is 313 g/mol. The van der Waals surface area contributed by atoms with E-state index in [4.69, 9.17) is 5.73 Å². The molecule has 5 nitrogen and oxygen atoms in total. The average molecular weight is 313 g/mol. The summed E-state index contributed by atoms with van der Waals surface area (Å²) in [6.45, 7) is 8.96. The first-order valence-electron chi connectivity index (χ1n) is 7.45. The van der Waals surface area contributed by atoms with Crippen LogP contribution < -0.4 is 15.4 Å². The molecule has 0 aliphatic rings. The zero-order valence-corrected chi connectivity index (χ0v) is 14.0. The highest BCUT2D eigenvalue weighted by Crippen LogP contribution is 2.19. The molecule has 21 heavy (non-hydrogen) atoms. The zero-order chi connectivity index (χ0) is 15.9. The van der Waals surface area contributed by atoms with Crippen LogP contribution in [0.5, 0.6) is 0 Å². The minimum absolute atomic E-state index is 0.302. The Morgan fingerprint density at radius 2 is 1.86 bits per heavy atom. The maximum absolute atomic E-state index is 11.9. The van der Waals surface area contributed by atoms with Crippen LogP contribution in [0.1, 0.15) is 27.2 Å². The lowest BCUT2D eigenvalue weighted by Gasteiger charge is -2.26. The van der Waals surface area contributed by atoms with Crippen LogP contribution >= 0.6 is 0 Å². The van der Waals surface area contributed by atoms with Gasteiger partial charge >= 0.3 is 0 Å². The Hall–Kier alpha value is -1.11. The van der Waals surface area contributed by atoms with Crippen molar-refractivity contribution in [3.63, 3.8) is 0 Å². The molecule has 1 aromatic rings. The van der Waals surface area contributed by atoms with E-state index in [1.807, 2.05) is 12.1 Å². The molecule has 0 aliphatic carbocycles. The van der Waals surface area contributed by atoms with E-state index in [1.165, 1.54) is 0 Å². The van der Waals surface area contributed by atoms with Crippen LogP contribution in [0.4, 0.5) is 5.69 Å². The number of hydrogen-bond acceptors (Lipinski definition) is 4. The van der Waals surface area contributed by atoms with Gasteiger partial charge in [0.05, 0.1) is 4.90 Å². The van der Waals surface area contributed by atoms with E-state index >= 15 is 0 Å². The minimum atomic E-state index is -3.38. The van der Waals surface area contributed by atoms with Crippen LogP contribution in [-0.4, -0.2) is 34.6 Å². The van der Waals surface area contributed by atoms with Gasteiger partial charge in [-0.1, -0.05) is 20.8 Å². The third-order valence-corrected chi connectivity index (χ3v) is 4.63. The van der Waals surface area contributed by atoms with Gasteiger partial charge in [0.2, 0.25) is 10.0 Å². The van der Waals surface area contributed by atoms with Gasteiger partial charge in [-0.05, 0) is 43.1 Å². The van der Waals surface area contributed by atoms with Gasteiger partial charge in [-0.2, -0.15) is 0 Å². The van der Waals surface area contributed by atoms with E-state index in [0.29, 0.717) is 23.9 Å². The quantitative estimate of drug-likeness (QED) is 0.729. The minimum Gasteiger partial charge on any atom is -0.371 e. The van der Waals surface area contributed by atoms with Gasteiger partial charge in [0.15, 0.2) is 0 Å². The van der Waals surface area contributed by atoms with Gasteiger partial charge in [0.25, 0.3) is 0 Å². The molecule has 6 heteroatoms. The van der Waals surface area contributed by atoms with E-state index < -0.39 is 10.0 Å². The van der Waals surface area contributed by atoms with Crippen molar-refractivity contribution in [2.75, 3.05) is 31.1 Å². The summed E-state index contributed by atoms with van der Waals surface area (Å²) >= 11 is 0. The standard InChI is InChI=1S/C15H27N3O2S/c1-4-17-21(19,20)15-8-6-14(7-9-15)18(11-5-10-16)12-13(2)3/h6-9,13,17H,4-5,10-12,16H2,1-3H3. The highest BCUT2D eigenvalue weighted by atomic mass is 32.2. The van der Waals surface area contributed by atoms with E-state index in [2.05, 4.69) is 23.5 Å². The maximum atomic E-state index is 11.9.